The first-order valence-corrected chi connectivity index (χ1v) is 6.43. The number of carbonyl (C=O) groups excluding carboxylic acids is 1. The maximum Gasteiger partial charge on any atom is 0.160 e. The number of ketones is 1. The highest BCUT2D eigenvalue weighted by molar-refractivity contribution is 5.95. The Hall–Kier alpha value is -1.77. The van der Waals surface area contributed by atoms with Gasteiger partial charge in [0.15, 0.2) is 5.78 Å². The Bertz CT molecular complexity index is 452. The van der Waals surface area contributed by atoms with Crippen LogP contribution in [0.3, 0.4) is 0 Å². The van der Waals surface area contributed by atoms with Gasteiger partial charge in [0, 0.05) is 18.2 Å². The number of carbonyl (C=O) groups is 1. The lowest BCUT2D eigenvalue weighted by Gasteiger charge is -2.09. The molecule has 0 radical (unpaired) electrons. The third-order valence-corrected chi connectivity index (χ3v) is 3.22. The molecule has 1 aromatic carbocycles. The molecule has 0 spiro atoms. The van der Waals surface area contributed by atoms with Gasteiger partial charge in [0.25, 0.3) is 0 Å². The summed E-state index contributed by atoms with van der Waals surface area (Å²) in [6, 6.07) is 7.71. The van der Waals surface area contributed by atoms with Crippen molar-refractivity contribution in [3.63, 3.8) is 0 Å². The van der Waals surface area contributed by atoms with E-state index in [-0.39, 0.29) is 5.78 Å². The second-order valence-corrected chi connectivity index (χ2v) is 4.50. The molecule has 1 aliphatic carbocycles. The first-order chi connectivity index (χ1) is 8.81. The molecule has 3 heteroatoms. The Kier molecular flexibility index (Phi) is 4.40. The number of Topliss-reactive ketones (excluding diaryl/α,β-unsaturated/α-hetero) is 1. The highest BCUT2D eigenvalue weighted by Crippen LogP contribution is 2.24. The number of allylic oxidation sites excluding steroid dienone is 1. The summed E-state index contributed by atoms with van der Waals surface area (Å²) < 4.78 is 5.26. The molecule has 1 aliphatic rings. The lowest BCUT2D eigenvalue weighted by molar-refractivity contribution is -0.115. The van der Waals surface area contributed by atoms with Crippen molar-refractivity contribution in [3.8, 4) is 5.75 Å². The van der Waals surface area contributed by atoms with Gasteiger partial charge in [-0.05, 0) is 31.4 Å². The normalized spacial score (nSPS) is 18.5. The maximum absolute atomic E-state index is 11.9. The molecule has 0 heterocycles. The van der Waals surface area contributed by atoms with E-state index in [0.717, 1.165) is 42.7 Å². The smallest absolute Gasteiger partial charge is 0.160 e. The fourth-order valence-electron chi connectivity index (χ4n) is 2.16. The number of hydrogen-bond donors (Lipinski definition) is 1. The minimum Gasteiger partial charge on any atom is -0.495 e. The van der Waals surface area contributed by atoms with Crippen molar-refractivity contribution in [1.29, 1.82) is 0 Å². The van der Waals surface area contributed by atoms with Crippen LogP contribution in [-0.4, -0.2) is 12.9 Å². The zero-order valence-electron chi connectivity index (χ0n) is 10.7. The van der Waals surface area contributed by atoms with Crippen molar-refractivity contribution < 1.29 is 9.53 Å². The minimum absolute atomic E-state index is 0.273. The summed E-state index contributed by atoms with van der Waals surface area (Å²) in [5.41, 5.74) is 1.79. The van der Waals surface area contributed by atoms with E-state index < -0.39 is 0 Å². The molecule has 1 aromatic rings. The number of rotatable bonds is 3. The van der Waals surface area contributed by atoms with Crippen molar-refractivity contribution in [2.45, 2.75) is 32.1 Å². The number of anilines is 1. The van der Waals surface area contributed by atoms with Crippen LogP contribution in [0.15, 0.2) is 36.0 Å². The molecule has 0 aliphatic heterocycles. The summed E-state index contributed by atoms with van der Waals surface area (Å²) in [5.74, 6) is 1.06. The predicted molar refractivity (Wildman–Crippen MR) is 72.8 cm³/mol. The second-order valence-electron chi connectivity index (χ2n) is 4.50. The Morgan fingerprint density at radius 3 is 2.78 bits per heavy atom. The summed E-state index contributed by atoms with van der Waals surface area (Å²) >= 11 is 0. The van der Waals surface area contributed by atoms with Gasteiger partial charge in [0.05, 0.1) is 12.8 Å². The standard InChI is InChI=1S/C15H19NO2/c1-18-15-10-6-5-8-13(15)16-11-12-7-3-2-4-9-14(12)17/h5-6,8,10-11,16H,2-4,7,9H2,1H3. The number of hydrogen-bond acceptors (Lipinski definition) is 3. The predicted octanol–water partition coefficient (Wildman–Crippen LogP) is 3.52. The zero-order valence-corrected chi connectivity index (χ0v) is 10.7. The van der Waals surface area contributed by atoms with Crippen molar-refractivity contribution in [1.82, 2.24) is 0 Å². The molecule has 0 aromatic heterocycles. The molecule has 1 saturated carbocycles. The highest BCUT2D eigenvalue weighted by Gasteiger charge is 2.13. The summed E-state index contributed by atoms with van der Waals surface area (Å²) in [6.45, 7) is 0. The van der Waals surface area contributed by atoms with Crippen molar-refractivity contribution in [2.24, 2.45) is 0 Å². The van der Waals surface area contributed by atoms with Gasteiger partial charge < -0.3 is 10.1 Å². The third kappa shape index (κ3) is 3.13. The molecule has 96 valence electrons. The summed E-state index contributed by atoms with van der Waals surface area (Å²) in [4.78, 5) is 11.9. The van der Waals surface area contributed by atoms with Crippen LogP contribution in [-0.2, 0) is 4.79 Å². The number of benzene rings is 1. The van der Waals surface area contributed by atoms with Gasteiger partial charge in [0.2, 0.25) is 0 Å². The second kappa shape index (κ2) is 6.24. The quantitative estimate of drug-likeness (QED) is 0.654. The van der Waals surface area contributed by atoms with Crippen LogP contribution in [0, 0.1) is 0 Å². The van der Waals surface area contributed by atoms with E-state index >= 15 is 0 Å². The molecule has 0 amide bonds. The molecule has 0 unspecified atom stereocenters. The first-order valence-electron chi connectivity index (χ1n) is 6.43. The van der Waals surface area contributed by atoms with Crippen LogP contribution in [0.25, 0.3) is 0 Å². The lowest BCUT2D eigenvalue weighted by atomic mass is 10.1. The molecule has 2 rings (SSSR count). The Balaban J connectivity index is 2.11. The summed E-state index contributed by atoms with van der Waals surface area (Å²) in [7, 11) is 1.64. The molecular formula is C15H19NO2. The van der Waals surface area contributed by atoms with Crippen molar-refractivity contribution in [2.75, 3.05) is 12.4 Å². The van der Waals surface area contributed by atoms with Crippen molar-refractivity contribution in [3.05, 3.63) is 36.0 Å². The van der Waals surface area contributed by atoms with E-state index in [9.17, 15) is 4.79 Å². The number of methoxy groups -OCH3 is 1. The van der Waals surface area contributed by atoms with Crippen LogP contribution in [0.1, 0.15) is 32.1 Å². The molecular weight excluding hydrogens is 226 g/mol. The Morgan fingerprint density at radius 1 is 1.17 bits per heavy atom. The van der Waals surface area contributed by atoms with Gasteiger partial charge in [-0.15, -0.1) is 0 Å². The number of nitrogens with one attached hydrogen (secondary N) is 1. The topological polar surface area (TPSA) is 38.3 Å². The van der Waals surface area contributed by atoms with E-state index in [2.05, 4.69) is 5.32 Å². The van der Waals surface area contributed by atoms with Gasteiger partial charge in [-0.3, -0.25) is 4.79 Å². The molecule has 0 bridgehead atoms. The molecule has 0 saturated heterocycles. The van der Waals surface area contributed by atoms with E-state index in [4.69, 9.17) is 4.74 Å². The third-order valence-electron chi connectivity index (χ3n) is 3.22. The molecule has 0 atom stereocenters. The molecule has 1 fully saturated rings. The SMILES string of the molecule is COc1ccccc1NC=C1CCCCCC1=O. The number of ether oxygens (including phenoxy) is 1. The van der Waals surface area contributed by atoms with Gasteiger partial charge in [-0.1, -0.05) is 18.6 Å². The Morgan fingerprint density at radius 2 is 1.94 bits per heavy atom. The zero-order chi connectivity index (χ0) is 12.8. The van der Waals surface area contributed by atoms with Gasteiger partial charge >= 0.3 is 0 Å². The molecule has 3 nitrogen and oxygen atoms in total. The fourth-order valence-corrected chi connectivity index (χ4v) is 2.16. The van der Waals surface area contributed by atoms with Crippen LogP contribution >= 0.6 is 0 Å². The van der Waals surface area contributed by atoms with E-state index in [1.165, 1.54) is 0 Å². The average molecular weight is 245 g/mol. The van der Waals surface area contributed by atoms with Gasteiger partial charge in [-0.25, -0.2) is 0 Å². The fraction of sp³-hybridized carbons (Fsp3) is 0.400. The minimum atomic E-state index is 0.273. The maximum atomic E-state index is 11.9. The highest BCUT2D eigenvalue weighted by atomic mass is 16.5. The van der Waals surface area contributed by atoms with E-state index in [1.54, 1.807) is 7.11 Å². The largest absolute Gasteiger partial charge is 0.495 e. The van der Waals surface area contributed by atoms with Crippen LogP contribution < -0.4 is 10.1 Å². The summed E-state index contributed by atoms with van der Waals surface area (Å²) in [5, 5.41) is 3.18. The average Bonchev–Trinajstić information content (AvgIpc) is 2.61. The summed E-state index contributed by atoms with van der Waals surface area (Å²) in [6.07, 6.45) is 6.67. The van der Waals surface area contributed by atoms with E-state index in [1.807, 2.05) is 30.5 Å². The van der Waals surface area contributed by atoms with Crippen LogP contribution in [0.4, 0.5) is 5.69 Å². The molecule has 1 N–H and O–H groups in total. The first kappa shape index (κ1) is 12.7. The lowest BCUT2D eigenvalue weighted by Crippen LogP contribution is -2.03. The van der Waals surface area contributed by atoms with Crippen LogP contribution in [0.5, 0.6) is 5.75 Å². The molecule has 18 heavy (non-hydrogen) atoms. The van der Waals surface area contributed by atoms with Crippen molar-refractivity contribution >= 4 is 11.5 Å². The Labute approximate surface area is 108 Å². The van der Waals surface area contributed by atoms with Crippen LogP contribution in [0.2, 0.25) is 0 Å². The monoisotopic (exact) mass is 245 g/mol. The number of para-hydroxylation sites is 2. The van der Waals surface area contributed by atoms with Gasteiger partial charge in [0.1, 0.15) is 5.75 Å². The van der Waals surface area contributed by atoms with E-state index in [0.29, 0.717) is 6.42 Å². The van der Waals surface area contributed by atoms with Gasteiger partial charge in [-0.2, -0.15) is 0 Å².